The summed E-state index contributed by atoms with van der Waals surface area (Å²) in [7, 11) is 1.61. The predicted molar refractivity (Wildman–Crippen MR) is 109 cm³/mol. The van der Waals surface area contributed by atoms with Crippen molar-refractivity contribution in [1.82, 2.24) is 0 Å². The quantitative estimate of drug-likeness (QED) is 0.197. The molecule has 5 nitrogen and oxygen atoms in total. The van der Waals surface area contributed by atoms with Gasteiger partial charge in [-0.05, 0) is 78.9 Å². The lowest BCUT2D eigenvalue weighted by Gasteiger charge is -2.23. The minimum atomic E-state index is -0.494. The van der Waals surface area contributed by atoms with Crippen molar-refractivity contribution in [3.05, 3.63) is 30.9 Å². The van der Waals surface area contributed by atoms with E-state index >= 15 is 0 Å². The summed E-state index contributed by atoms with van der Waals surface area (Å²) < 4.78 is 24.0. The summed E-state index contributed by atoms with van der Waals surface area (Å²) in [6.45, 7) is 11.3. The van der Waals surface area contributed by atoms with Crippen molar-refractivity contribution in [2.24, 2.45) is 0 Å². The molecule has 2 atom stereocenters. The van der Waals surface area contributed by atoms with Crippen molar-refractivity contribution < 1.29 is 23.7 Å². The fourth-order valence-corrected chi connectivity index (χ4v) is 4.26. The molecule has 0 N–H and O–H groups in total. The molecule has 24 heavy (non-hydrogen) atoms. The normalized spacial score (nSPS) is 13.1. The average molecular weight is 560 g/mol. The number of ether oxygens (including phenoxy) is 4. The summed E-state index contributed by atoms with van der Waals surface area (Å²) in [4.78, 5) is 11.8. The number of carbonyl (C=O) groups excluding carboxylic acids is 1. The van der Waals surface area contributed by atoms with Crippen molar-refractivity contribution in [3.63, 3.8) is 0 Å². The standard InChI is InChI=1S/C17H22I2O5/c1-7-22-11(5)24-15-12(10(4)23-17(20)9(2)3)8-13(18)16(21-6)14(15)19/h8,10-11H,2,7H2,1,3-6H3. The largest absolute Gasteiger partial charge is 0.494 e. The zero-order chi connectivity index (χ0) is 18.4. The summed E-state index contributed by atoms with van der Waals surface area (Å²) in [6.07, 6.45) is -0.929. The van der Waals surface area contributed by atoms with Crippen LogP contribution in [0.5, 0.6) is 11.5 Å². The monoisotopic (exact) mass is 560 g/mol. The number of methoxy groups -OCH3 is 1. The molecule has 0 radical (unpaired) electrons. The van der Waals surface area contributed by atoms with Gasteiger partial charge in [-0.2, -0.15) is 0 Å². The second-order valence-corrected chi connectivity index (χ2v) is 7.33. The van der Waals surface area contributed by atoms with E-state index in [1.165, 1.54) is 0 Å². The van der Waals surface area contributed by atoms with Gasteiger partial charge in [0.15, 0.2) is 6.29 Å². The SMILES string of the molecule is C=C(C)C(=O)OC(C)c1cc(I)c(OC)c(I)c1OC(C)OCC. The summed E-state index contributed by atoms with van der Waals surface area (Å²) in [5, 5.41) is 0. The van der Waals surface area contributed by atoms with Crippen molar-refractivity contribution in [3.8, 4) is 11.5 Å². The molecule has 0 aliphatic rings. The van der Waals surface area contributed by atoms with Crippen LogP contribution in [-0.4, -0.2) is 26.0 Å². The van der Waals surface area contributed by atoms with Gasteiger partial charge in [-0.1, -0.05) is 6.58 Å². The van der Waals surface area contributed by atoms with E-state index < -0.39 is 18.4 Å². The Morgan fingerprint density at radius 3 is 2.42 bits per heavy atom. The van der Waals surface area contributed by atoms with Crippen LogP contribution in [0.1, 0.15) is 39.4 Å². The van der Waals surface area contributed by atoms with E-state index in [0.717, 1.165) is 18.5 Å². The fourth-order valence-electron chi connectivity index (χ4n) is 1.97. The number of esters is 1. The molecule has 0 heterocycles. The first-order valence-corrected chi connectivity index (χ1v) is 9.59. The molecule has 1 aromatic rings. The molecule has 0 amide bonds. The second-order valence-electron chi connectivity index (χ2n) is 5.09. The lowest BCUT2D eigenvalue weighted by atomic mass is 10.1. The molecule has 2 unspecified atom stereocenters. The summed E-state index contributed by atoms with van der Waals surface area (Å²) >= 11 is 4.35. The van der Waals surface area contributed by atoms with E-state index in [0.29, 0.717) is 17.9 Å². The van der Waals surface area contributed by atoms with Crippen molar-refractivity contribution in [1.29, 1.82) is 0 Å². The Labute approximate surface area is 170 Å². The lowest BCUT2D eigenvalue weighted by molar-refractivity contribution is -0.143. The number of hydrogen-bond acceptors (Lipinski definition) is 5. The highest BCUT2D eigenvalue weighted by molar-refractivity contribution is 14.1. The molecule has 0 bridgehead atoms. The smallest absolute Gasteiger partial charge is 0.333 e. The topological polar surface area (TPSA) is 54.0 Å². The minimum Gasteiger partial charge on any atom is -0.494 e. The molecule has 0 aliphatic carbocycles. The highest BCUT2D eigenvalue weighted by Gasteiger charge is 2.24. The van der Waals surface area contributed by atoms with E-state index in [1.807, 2.05) is 19.9 Å². The van der Waals surface area contributed by atoms with E-state index in [2.05, 4.69) is 51.8 Å². The maximum atomic E-state index is 11.8. The average Bonchev–Trinajstić information content (AvgIpc) is 2.50. The predicted octanol–water partition coefficient (Wildman–Crippen LogP) is 4.85. The molecule has 134 valence electrons. The Morgan fingerprint density at radius 1 is 1.29 bits per heavy atom. The molecule has 1 rings (SSSR count). The number of hydrogen-bond donors (Lipinski definition) is 0. The first-order chi connectivity index (χ1) is 11.2. The Bertz CT molecular complexity index is 615. The number of carbonyl (C=O) groups is 1. The van der Waals surface area contributed by atoms with Gasteiger partial charge in [-0.25, -0.2) is 4.79 Å². The van der Waals surface area contributed by atoms with Crippen molar-refractivity contribution >= 4 is 51.2 Å². The van der Waals surface area contributed by atoms with Crippen LogP contribution in [0.25, 0.3) is 0 Å². The van der Waals surface area contributed by atoms with Gasteiger partial charge in [0.25, 0.3) is 0 Å². The third-order valence-corrected chi connectivity index (χ3v) is 4.90. The zero-order valence-corrected chi connectivity index (χ0v) is 18.8. The number of benzene rings is 1. The van der Waals surface area contributed by atoms with Crippen LogP contribution in [0.3, 0.4) is 0 Å². The van der Waals surface area contributed by atoms with Gasteiger partial charge in [0, 0.05) is 17.7 Å². The van der Waals surface area contributed by atoms with Gasteiger partial charge < -0.3 is 18.9 Å². The maximum Gasteiger partial charge on any atom is 0.333 e. The summed E-state index contributed by atoms with van der Waals surface area (Å²) in [6, 6.07) is 1.89. The first-order valence-electron chi connectivity index (χ1n) is 7.43. The van der Waals surface area contributed by atoms with E-state index in [1.54, 1.807) is 21.0 Å². The van der Waals surface area contributed by atoms with Gasteiger partial charge >= 0.3 is 5.97 Å². The van der Waals surface area contributed by atoms with Gasteiger partial charge in [-0.15, -0.1) is 0 Å². The highest BCUT2D eigenvalue weighted by atomic mass is 127. The van der Waals surface area contributed by atoms with Gasteiger partial charge in [0.2, 0.25) is 0 Å². The van der Waals surface area contributed by atoms with E-state index in [-0.39, 0.29) is 0 Å². The van der Waals surface area contributed by atoms with Crippen LogP contribution in [0.2, 0.25) is 0 Å². The Morgan fingerprint density at radius 2 is 1.92 bits per heavy atom. The maximum absolute atomic E-state index is 11.8. The van der Waals surface area contributed by atoms with Gasteiger partial charge in [0.05, 0.1) is 14.3 Å². The van der Waals surface area contributed by atoms with Crippen LogP contribution in [0.15, 0.2) is 18.2 Å². The van der Waals surface area contributed by atoms with Crippen LogP contribution < -0.4 is 9.47 Å². The Kier molecular flexibility index (Phi) is 8.78. The van der Waals surface area contributed by atoms with Gasteiger partial charge in [-0.3, -0.25) is 0 Å². The molecule has 0 aromatic heterocycles. The van der Waals surface area contributed by atoms with Crippen molar-refractivity contribution in [2.75, 3.05) is 13.7 Å². The Balaban J connectivity index is 3.30. The Hall–Kier alpha value is -0.550. The highest BCUT2D eigenvalue weighted by Crippen LogP contribution is 2.41. The molecule has 0 fully saturated rings. The summed E-state index contributed by atoms with van der Waals surface area (Å²) in [5.41, 5.74) is 1.11. The second kappa shape index (κ2) is 9.81. The van der Waals surface area contributed by atoms with E-state index in [9.17, 15) is 4.79 Å². The van der Waals surface area contributed by atoms with Gasteiger partial charge in [0.1, 0.15) is 17.6 Å². The molecule has 1 aromatic carbocycles. The third-order valence-electron chi connectivity index (χ3n) is 3.12. The van der Waals surface area contributed by atoms with E-state index in [4.69, 9.17) is 18.9 Å². The number of halogens is 2. The third kappa shape index (κ3) is 5.48. The lowest BCUT2D eigenvalue weighted by Crippen LogP contribution is -2.19. The molecular formula is C17H22I2O5. The van der Waals surface area contributed by atoms with Crippen LogP contribution in [-0.2, 0) is 14.3 Å². The van der Waals surface area contributed by atoms with Crippen molar-refractivity contribution in [2.45, 2.75) is 40.1 Å². The first kappa shape index (κ1) is 21.5. The zero-order valence-electron chi connectivity index (χ0n) is 14.4. The molecule has 0 saturated heterocycles. The molecule has 7 heteroatoms. The van der Waals surface area contributed by atoms with Crippen LogP contribution in [0.4, 0.5) is 0 Å². The molecular weight excluding hydrogens is 538 g/mol. The van der Waals surface area contributed by atoms with Crippen LogP contribution in [0, 0.1) is 7.14 Å². The minimum absolute atomic E-state index is 0.352. The molecule has 0 saturated carbocycles. The molecule has 0 spiro atoms. The van der Waals surface area contributed by atoms with Crippen LogP contribution >= 0.6 is 45.2 Å². The number of rotatable bonds is 8. The molecule has 0 aliphatic heterocycles. The fraction of sp³-hybridized carbons (Fsp3) is 0.471. The summed E-state index contributed by atoms with van der Waals surface area (Å²) in [5.74, 6) is 0.875.